The largest absolute Gasteiger partial charge is 0.492 e. The Balaban J connectivity index is 1.83. The molecule has 0 spiro atoms. The molecule has 0 fully saturated rings. The van der Waals surface area contributed by atoms with Crippen LogP contribution in [0, 0.1) is 6.92 Å². The second kappa shape index (κ2) is 7.33. The topological polar surface area (TPSA) is 59.1 Å². The van der Waals surface area contributed by atoms with Gasteiger partial charge in [-0.1, -0.05) is 18.2 Å². The van der Waals surface area contributed by atoms with Gasteiger partial charge in [-0.15, -0.1) is 0 Å². The minimum Gasteiger partial charge on any atom is -0.492 e. The highest BCUT2D eigenvalue weighted by atomic mass is 16.5. The van der Waals surface area contributed by atoms with E-state index in [4.69, 9.17) is 4.74 Å². The van der Waals surface area contributed by atoms with Crippen molar-refractivity contribution in [3.63, 3.8) is 0 Å². The van der Waals surface area contributed by atoms with E-state index in [1.165, 1.54) is 0 Å². The van der Waals surface area contributed by atoms with E-state index in [0.29, 0.717) is 13.2 Å². The van der Waals surface area contributed by atoms with Crippen molar-refractivity contribution in [3.8, 4) is 5.75 Å². The van der Waals surface area contributed by atoms with Gasteiger partial charge in [0.25, 0.3) is 0 Å². The lowest BCUT2D eigenvalue weighted by Gasteiger charge is -2.12. The molecule has 0 aliphatic heterocycles. The lowest BCUT2D eigenvalue weighted by molar-refractivity contribution is 0.332. The van der Waals surface area contributed by atoms with Crippen molar-refractivity contribution < 1.29 is 4.74 Å². The maximum absolute atomic E-state index is 5.62. The normalized spacial score (nSPS) is 10.1. The molecule has 0 atom stereocenters. The van der Waals surface area contributed by atoms with Gasteiger partial charge < -0.3 is 15.4 Å². The highest BCUT2D eigenvalue weighted by Gasteiger charge is 2.05. The number of hydrogen-bond donors (Lipinski definition) is 2. The molecule has 106 valence electrons. The van der Waals surface area contributed by atoms with Crippen molar-refractivity contribution in [2.45, 2.75) is 13.8 Å². The monoisotopic (exact) mass is 272 g/mol. The summed E-state index contributed by atoms with van der Waals surface area (Å²) in [6.45, 7) is 6.16. The smallest absolute Gasteiger partial charge is 0.134 e. The molecule has 1 aromatic heterocycles. The molecule has 1 aromatic carbocycles. The van der Waals surface area contributed by atoms with Crippen molar-refractivity contribution >= 4 is 11.6 Å². The first-order valence-corrected chi connectivity index (χ1v) is 6.78. The van der Waals surface area contributed by atoms with Crippen LogP contribution in [0.2, 0.25) is 0 Å². The van der Waals surface area contributed by atoms with Gasteiger partial charge in [0, 0.05) is 12.1 Å². The second-order valence-electron chi connectivity index (χ2n) is 4.31. The highest BCUT2D eigenvalue weighted by molar-refractivity contribution is 5.56. The maximum Gasteiger partial charge on any atom is 0.134 e. The van der Waals surface area contributed by atoms with Crippen LogP contribution in [0.4, 0.5) is 11.6 Å². The number of aromatic nitrogens is 2. The van der Waals surface area contributed by atoms with Crippen LogP contribution in [0.25, 0.3) is 0 Å². The van der Waals surface area contributed by atoms with Gasteiger partial charge in [-0.2, -0.15) is 0 Å². The first-order chi connectivity index (χ1) is 9.81. The van der Waals surface area contributed by atoms with Crippen LogP contribution >= 0.6 is 0 Å². The zero-order chi connectivity index (χ0) is 14.2. The predicted molar refractivity (Wildman–Crippen MR) is 81.4 cm³/mol. The molecular weight excluding hydrogens is 252 g/mol. The van der Waals surface area contributed by atoms with Crippen LogP contribution in [0.15, 0.2) is 36.7 Å². The minimum atomic E-state index is 0.587. The van der Waals surface area contributed by atoms with E-state index in [1.54, 1.807) is 6.33 Å². The van der Waals surface area contributed by atoms with Crippen LogP contribution in [0.1, 0.15) is 12.5 Å². The summed E-state index contributed by atoms with van der Waals surface area (Å²) in [4.78, 5) is 8.46. The Morgan fingerprint density at radius 2 is 1.75 bits per heavy atom. The zero-order valence-corrected chi connectivity index (χ0v) is 11.9. The van der Waals surface area contributed by atoms with E-state index < -0.39 is 0 Å². The Hall–Kier alpha value is -2.30. The summed E-state index contributed by atoms with van der Waals surface area (Å²) in [5.41, 5.74) is 1.02. The van der Waals surface area contributed by atoms with Crippen molar-refractivity contribution in [1.29, 1.82) is 0 Å². The summed E-state index contributed by atoms with van der Waals surface area (Å²) in [5, 5.41) is 6.48. The van der Waals surface area contributed by atoms with Gasteiger partial charge in [0.15, 0.2) is 0 Å². The molecule has 1 heterocycles. The molecule has 0 saturated heterocycles. The summed E-state index contributed by atoms with van der Waals surface area (Å²) in [7, 11) is 0. The summed E-state index contributed by atoms with van der Waals surface area (Å²) < 4.78 is 5.62. The van der Waals surface area contributed by atoms with Gasteiger partial charge in [-0.05, 0) is 26.0 Å². The fourth-order valence-corrected chi connectivity index (χ4v) is 1.83. The molecule has 2 aromatic rings. The zero-order valence-electron chi connectivity index (χ0n) is 11.9. The molecule has 5 heteroatoms. The number of nitrogens with zero attached hydrogens (tertiary/aromatic N) is 2. The average molecular weight is 272 g/mol. The van der Waals surface area contributed by atoms with Crippen molar-refractivity contribution in [1.82, 2.24) is 9.97 Å². The molecule has 0 bridgehead atoms. The molecule has 0 aliphatic carbocycles. The molecule has 20 heavy (non-hydrogen) atoms. The van der Waals surface area contributed by atoms with Gasteiger partial charge in [-0.25, -0.2) is 9.97 Å². The Labute approximate surface area is 119 Å². The molecular formula is C15H20N4O. The van der Waals surface area contributed by atoms with Crippen molar-refractivity contribution in [2.75, 3.05) is 30.3 Å². The Bertz CT molecular complexity index is 531. The maximum atomic E-state index is 5.62. The quantitative estimate of drug-likeness (QED) is 0.759. The SMILES string of the molecule is CCNc1ncnc(NCCOc2ccccc2)c1C. The summed E-state index contributed by atoms with van der Waals surface area (Å²) in [5.74, 6) is 2.59. The Kier molecular flexibility index (Phi) is 5.17. The Morgan fingerprint density at radius 1 is 1.05 bits per heavy atom. The summed E-state index contributed by atoms with van der Waals surface area (Å²) in [6.07, 6.45) is 1.56. The minimum absolute atomic E-state index is 0.587. The first kappa shape index (κ1) is 14.1. The standard InChI is InChI=1S/C15H20N4O/c1-3-16-14-12(2)15(19-11-18-14)17-9-10-20-13-7-5-4-6-8-13/h4-8,11H,3,9-10H2,1-2H3,(H2,16,17,18,19). The third-order valence-electron chi connectivity index (χ3n) is 2.83. The molecule has 0 radical (unpaired) electrons. The molecule has 0 unspecified atom stereocenters. The second-order valence-corrected chi connectivity index (χ2v) is 4.31. The Morgan fingerprint density at radius 3 is 2.45 bits per heavy atom. The van der Waals surface area contributed by atoms with Crippen LogP contribution in [0.3, 0.4) is 0 Å². The molecule has 0 amide bonds. The molecule has 0 aliphatic rings. The molecule has 5 nitrogen and oxygen atoms in total. The molecule has 2 rings (SSSR count). The first-order valence-electron chi connectivity index (χ1n) is 6.78. The summed E-state index contributed by atoms with van der Waals surface area (Å²) in [6, 6.07) is 9.77. The number of anilines is 2. The van der Waals surface area contributed by atoms with Crippen LogP contribution in [-0.2, 0) is 0 Å². The molecule has 2 N–H and O–H groups in total. The number of hydrogen-bond acceptors (Lipinski definition) is 5. The fourth-order valence-electron chi connectivity index (χ4n) is 1.83. The predicted octanol–water partition coefficient (Wildman–Crippen LogP) is 2.71. The number of rotatable bonds is 7. The van der Waals surface area contributed by atoms with E-state index in [9.17, 15) is 0 Å². The van der Waals surface area contributed by atoms with Gasteiger partial charge in [0.2, 0.25) is 0 Å². The third-order valence-corrected chi connectivity index (χ3v) is 2.83. The fraction of sp³-hybridized carbons (Fsp3) is 0.333. The van der Waals surface area contributed by atoms with Crippen molar-refractivity contribution in [2.24, 2.45) is 0 Å². The van der Waals surface area contributed by atoms with Gasteiger partial charge in [0.05, 0.1) is 6.54 Å². The average Bonchev–Trinajstić information content (AvgIpc) is 2.48. The highest BCUT2D eigenvalue weighted by Crippen LogP contribution is 2.17. The van der Waals surface area contributed by atoms with Crippen molar-refractivity contribution in [3.05, 3.63) is 42.2 Å². The van der Waals surface area contributed by atoms with Gasteiger partial charge in [0.1, 0.15) is 30.3 Å². The van der Waals surface area contributed by atoms with Crippen LogP contribution in [0.5, 0.6) is 5.75 Å². The third kappa shape index (κ3) is 3.85. The van der Waals surface area contributed by atoms with E-state index in [2.05, 4.69) is 20.6 Å². The van der Waals surface area contributed by atoms with Crippen LogP contribution < -0.4 is 15.4 Å². The van der Waals surface area contributed by atoms with Crippen LogP contribution in [-0.4, -0.2) is 29.7 Å². The van der Waals surface area contributed by atoms with E-state index >= 15 is 0 Å². The lowest BCUT2D eigenvalue weighted by Crippen LogP contribution is -2.14. The number of ether oxygens (including phenoxy) is 1. The number of benzene rings is 1. The van der Waals surface area contributed by atoms with E-state index in [-0.39, 0.29) is 0 Å². The number of para-hydroxylation sites is 1. The van der Waals surface area contributed by atoms with E-state index in [1.807, 2.05) is 44.2 Å². The van der Waals surface area contributed by atoms with Gasteiger partial charge in [-0.3, -0.25) is 0 Å². The van der Waals surface area contributed by atoms with E-state index in [0.717, 1.165) is 29.5 Å². The lowest BCUT2D eigenvalue weighted by atomic mass is 10.3. The summed E-state index contributed by atoms with van der Waals surface area (Å²) >= 11 is 0. The molecule has 0 saturated carbocycles. The number of nitrogens with one attached hydrogen (secondary N) is 2. The van der Waals surface area contributed by atoms with Gasteiger partial charge >= 0.3 is 0 Å².